The van der Waals surface area contributed by atoms with E-state index < -0.39 is 0 Å². The van der Waals surface area contributed by atoms with Crippen molar-refractivity contribution < 1.29 is 4.79 Å². The molecule has 2 heterocycles. The summed E-state index contributed by atoms with van der Waals surface area (Å²) in [5.74, 6) is 0.0722. The second kappa shape index (κ2) is 2.42. The molecular weight excluding hydrogens is 246 g/mol. The van der Waals surface area contributed by atoms with Gasteiger partial charge in [-0.1, -0.05) is 6.08 Å². The number of ketones is 1. The highest BCUT2D eigenvalue weighted by molar-refractivity contribution is 9.18. The van der Waals surface area contributed by atoms with Gasteiger partial charge in [-0.3, -0.25) is 9.48 Å². The van der Waals surface area contributed by atoms with Crippen LogP contribution in [0, 0.1) is 0 Å². The van der Waals surface area contributed by atoms with Gasteiger partial charge in [0.05, 0.1) is 11.3 Å². The summed E-state index contributed by atoms with van der Waals surface area (Å²) in [7, 11) is 1.82. The lowest BCUT2D eigenvalue weighted by Gasteiger charge is -2.03. The maximum atomic E-state index is 11.5. The van der Waals surface area contributed by atoms with Crippen LogP contribution in [0.25, 0.3) is 5.70 Å². The van der Waals surface area contributed by atoms with Gasteiger partial charge in [0.1, 0.15) is 16.0 Å². The van der Waals surface area contributed by atoms with Crippen LogP contribution in [0.5, 0.6) is 0 Å². The summed E-state index contributed by atoms with van der Waals surface area (Å²) < 4.78 is 2.46. The van der Waals surface area contributed by atoms with Crippen LogP contribution in [0.2, 0.25) is 0 Å². The molecule has 1 aromatic heterocycles. The molecule has 1 aliphatic heterocycles. The van der Waals surface area contributed by atoms with E-state index in [1.807, 2.05) is 13.1 Å². The molecule has 3 rings (SSSR count). The summed E-state index contributed by atoms with van der Waals surface area (Å²) >= 11 is 3.37. The Morgan fingerprint density at radius 1 is 1.57 bits per heavy atom. The lowest BCUT2D eigenvalue weighted by atomic mass is 10.0. The largest absolute Gasteiger partial charge is 0.292 e. The number of carbonyl (C=O) groups excluding carboxylic acids is 1. The van der Waals surface area contributed by atoms with Gasteiger partial charge in [-0.25, -0.2) is 4.99 Å². The minimum absolute atomic E-state index is 0.0722. The maximum Gasteiger partial charge on any atom is 0.187 e. The molecule has 0 aromatic carbocycles. The molecule has 0 spiro atoms. The lowest BCUT2D eigenvalue weighted by molar-refractivity contribution is 0.0988. The molecule has 0 N–H and O–H groups in total. The first-order valence-electron chi connectivity index (χ1n) is 4.24. The highest BCUT2D eigenvalue weighted by Gasteiger charge is 2.32. The summed E-state index contributed by atoms with van der Waals surface area (Å²) in [6.07, 6.45) is 2.26. The third-order valence-corrected chi connectivity index (χ3v) is 3.02. The maximum absolute atomic E-state index is 11.5. The van der Waals surface area contributed by atoms with Crippen molar-refractivity contribution in [1.82, 2.24) is 9.78 Å². The van der Waals surface area contributed by atoms with E-state index in [9.17, 15) is 4.79 Å². The van der Waals surface area contributed by atoms with Gasteiger partial charge in [-0.2, -0.15) is 5.10 Å². The normalized spacial score (nSPS) is 18.0. The number of hydrogen-bond acceptors (Lipinski definition) is 3. The third-order valence-electron chi connectivity index (χ3n) is 2.46. The van der Waals surface area contributed by atoms with Gasteiger partial charge >= 0.3 is 0 Å². The second-order valence-corrected chi connectivity index (χ2v) is 4.07. The van der Waals surface area contributed by atoms with E-state index in [0.29, 0.717) is 12.1 Å². The van der Waals surface area contributed by atoms with Crippen LogP contribution in [-0.4, -0.2) is 20.2 Å². The highest BCUT2D eigenvalue weighted by atomic mass is 79.9. The molecule has 0 atom stereocenters. The summed E-state index contributed by atoms with van der Waals surface area (Å²) in [6.45, 7) is 0. The summed E-state index contributed by atoms with van der Waals surface area (Å²) in [5, 5.41) is 4.20. The third kappa shape index (κ3) is 0.803. The number of rotatable bonds is 0. The first kappa shape index (κ1) is 8.11. The molecule has 0 radical (unpaired) electrons. The van der Waals surface area contributed by atoms with E-state index in [1.54, 1.807) is 4.68 Å². The zero-order valence-electron chi connectivity index (χ0n) is 7.41. The average molecular weight is 252 g/mol. The molecule has 5 heteroatoms. The Labute approximate surface area is 88.5 Å². The number of aliphatic imine (C=N–C) groups is 1. The number of hydrogen-bond donors (Lipinski definition) is 0. The Hall–Kier alpha value is -1.23. The van der Waals surface area contributed by atoms with Crippen LogP contribution in [0.1, 0.15) is 28.2 Å². The first-order valence-corrected chi connectivity index (χ1v) is 5.03. The molecule has 1 aliphatic carbocycles. The Balaban J connectivity index is 2.43. The fourth-order valence-electron chi connectivity index (χ4n) is 1.85. The monoisotopic (exact) mass is 251 g/mol. The SMILES string of the molecule is Cn1nc2c3c1C(Br)=NC3=CCC2=O. The van der Waals surface area contributed by atoms with Crippen molar-refractivity contribution in [3.05, 3.63) is 23.0 Å². The summed E-state index contributed by atoms with van der Waals surface area (Å²) in [6, 6.07) is 0. The number of carbonyl (C=O) groups is 1. The molecule has 0 saturated carbocycles. The molecule has 0 fully saturated rings. The van der Waals surface area contributed by atoms with Gasteiger partial charge in [-0.15, -0.1) is 0 Å². The van der Waals surface area contributed by atoms with Gasteiger partial charge in [0.15, 0.2) is 5.78 Å². The van der Waals surface area contributed by atoms with E-state index in [-0.39, 0.29) is 5.78 Å². The van der Waals surface area contributed by atoms with Gasteiger partial charge < -0.3 is 0 Å². The Morgan fingerprint density at radius 2 is 2.36 bits per heavy atom. The number of halogens is 1. The van der Waals surface area contributed by atoms with Crippen molar-refractivity contribution in [1.29, 1.82) is 0 Å². The second-order valence-electron chi connectivity index (χ2n) is 3.32. The fourth-order valence-corrected chi connectivity index (χ4v) is 2.49. The minimum Gasteiger partial charge on any atom is -0.292 e. The Kier molecular flexibility index (Phi) is 1.40. The van der Waals surface area contributed by atoms with Crippen molar-refractivity contribution in [3.63, 3.8) is 0 Å². The average Bonchev–Trinajstić information content (AvgIpc) is 2.63. The topological polar surface area (TPSA) is 47.2 Å². The zero-order chi connectivity index (χ0) is 9.87. The van der Waals surface area contributed by atoms with Crippen molar-refractivity contribution in [2.45, 2.75) is 6.42 Å². The molecule has 2 aliphatic rings. The molecule has 14 heavy (non-hydrogen) atoms. The molecule has 0 bridgehead atoms. The van der Waals surface area contributed by atoms with Crippen LogP contribution in [0.3, 0.4) is 0 Å². The number of allylic oxidation sites excluding steroid dienone is 1. The van der Waals surface area contributed by atoms with Crippen LogP contribution in [-0.2, 0) is 7.05 Å². The van der Waals surface area contributed by atoms with Gasteiger partial charge in [-0.05, 0) is 15.9 Å². The van der Waals surface area contributed by atoms with E-state index >= 15 is 0 Å². The number of aryl methyl sites for hydroxylation is 1. The fraction of sp³-hybridized carbons (Fsp3) is 0.222. The minimum atomic E-state index is 0.0722. The standard InChI is InChI=1S/C9H6BrN3O/c1-13-8-6-4(11-9(8)10)2-3-5(14)7(6)12-13/h2H,3H2,1H3. The quantitative estimate of drug-likeness (QED) is 0.702. The molecular formula is C9H6BrN3O. The molecule has 0 saturated heterocycles. The van der Waals surface area contributed by atoms with E-state index in [1.165, 1.54) is 0 Å². The molecule has 70 valence electrons. The lowest BCUT2D eigenvalue weighted by Crippen LogP contribution is -2.06. The molecule has 0 amide bonds. The summed E-state index contributed by atoms with van der Waals surface area (Å²) in [5.41, 5.74) is 3.21. The number of Topliss-reactive ketones (excluding diaryl/α,β-unsaturated/α-hetero) is 1. The smallest absolute Gasteiger partial charge is 0.187 e. The molecule has 0 unspecified atom stereocenters. The van der Waals surface area contributed by atoms with Gasteiger partial charge in [0.2, 0.25) is 0 Å². The van der Waals surface area contributed by atoms with Crippen LogP contribution in [0.15, 0.2) is 11.1 Å². The molecule has 4 nitrogen and oxygen atoms in total. The highest BCUT2D eigenvalue weighted by Crippen LogP contribution is 2.36. The first-order chi connectivity index (χ1) is 6.68. The van der Waals surface area contributed by atoms with E-state index in [4.69, 9.17) is 0 Å². The van der Waals surface area contributed by atoms with E-state index in [0.717, 1.165) is 21.6 Å². The zero-order valence-corrected chi connectivity index (χ0v) is 9.00. The number of aromatic nitrogens is 2. The van der Waals surface area contributed by atoms with Crippen LogP contribution in [0.4, 0.5) is 0 Å². The number of nitrogens with zero attached hydrogens (tertiary/aromatic N) is 3. The van der Waals surface area contributed by atoms with Crippen LogP contribution < -0.4 is 0 Å². The van der Waals surface area contributed by atoms with Crippen molar-refractivity contribution in [2.24, 2.45) is 12.0 Å². The van der Waals surface area contributed by atoms with Crippen LogP contribution >= 0.6 is 15.9 Å². The predicted molar refractivity (Wildman–Crippen MR) is 55.6 cm³/mol. The Bertz CT molecular complexity index is 524. The molecule has 1 aromatic rings. The van der Waals surface area contributed by atoms with Crippen molar-refractivity contribution in [2.75, 3.05) is 0 Å². The van der Waals surface area contributed by atoms with Crippen molar-refractivity contribution in [3.8, 4) is 0 Å². The predicted octanol–water partition coefficient (Wildman–Crippen LogP) is 1.50. The van der Waals surface area contributed by atoms with Gasteiger partial charge in [0, 0.05) is 13.5 Å². The van der Waals surface area contributed by atoms with Crippen molar-refractivity contribution >= 4 is 32.0 Å². The van der Waals surface area contributed by atoms with Gasteiger partial charge in [0.25, 0.3) is 0 Å². The Morgan fingerprint density at radius 3 is 3.14 bits per heavy atom. The summed E-state index contributed by atoms with van der Waals surface area (Å²) in [4.78, 5) is 15.9. The van der Waals surface area contributed by atoms with E-state index in [2.05, 4.69) is 26.0 Å².